The number of aromatic nitrogens is 2. The molecule has 0 aliphatic carbocycles. The first kappa shape index (κ1) is 17.2. The fourth-order valence-electron chi connectivity index (χ4n) is 2.87. The van der Waals surface area contributed by atoms with Gasteiger partial charge in [-0.3, -0.25) is 4.90 Å². The Hall–Kier alpha value is -1.60. The maximum atomic E-state index is 6.04. The van der Waals surface area contributed by atoms with Gasteiger partial charge in [0.15, 0.2) is 5.82 Å². The predicted octanol–water partition coefficient (Wildman–Crippen LogP) is 2.65. The Bertz CT molecular complexity index is 762. The number of piperazine rings is 1. The number of halogens is 2. The number of nitrogens with zero attached hydrogens (tertiary/aromatic N) is 3. The Kier molecular flexibility index (Phi) is 5.10. The van der Waals surface area contributed by atoms with Crippen molar-refractivity contribution in [3.63, 3.8) is 0 Å². The van der Waals surface area contributed by atoms with Gasteiger partial charge in [-0.05, 0) is 31.3 Å². The third-order valence-corrected chi connectivity index (χ3v) is 4.45. The van der Waals surface area contributed by atoms with Gasteiger partial charge in [-0.1, -0.05) is 16.8 Å². The highest BCUT2D eigenvalue weighted by Crippen LogP contribution is 2.32. The van der Waals surface area contributed by atoms with E-state index in [-0.39, 0.29) is 18.4 Å². The number of fused-ring (bicyclic) bond motifs is 1. The largest absolute Gasteiger partial charge is 0.488 e. The van der Waals surface area contributed by atoms with Gasteiger partial charge in [0, 0.05) is 30.2 Å². The molecule has 0 amide bonds. The van der Waals surface area contributed by atoms with Crippen LogP contribution in [0.3, 0.4) is 0 Å². The van der Waals surface area contributed by atoms with Crippen LogP contribution in [-0.2, 0) is 0 Å². The maximum absolute atomic E-state index is 6.04. The van der Waals surface area contributed by atoms with Crippen LogP contribution in [0.2, 0.25) is 5.02 Å². The molecule has 24 heavy (non-hydrogen) atoms. The van der Waals surface area contributed by atoms with Crippen molar-refractivity contribution in [2.24, 2.45) is 0 Å². The average Bonchev–Trinajstić information content (AvgIpc) is 3.04. The van der Waals surface area contributed by atoms with Crippen LogP contribution in [0.15, 0.2) is 22.7 Å². The van der Waals surface area contributed by atoms with E-state index in [2.05, 4.69) is 27.4 Å². The smallest absolute Gasteiger partial charge is 0.257 e. The highest BCUT2D eigenvalue weighted by atomic mass is 35.5. The topological polar surface area (TPSA) is 63.4 Å². The first-order valence-electron chi connectivity index (χ1n) is 7.58. The lowest BCUT2D eigenvalue weighted by Gasteiger charge is -2.30. The normalized spacial score (nSPS) is 20.6. The Morgan fingerprint density at radius 2 is 2.25 bits per heavy atom. The van der Waals surface area contributed by atoms with E-state index in [0.717, 1.165) is 36.5 Å². The minimum atomic E-state index is 0. The molecule has 0 radical (unpaired) electrons. The average molecular weight is 369 g/mol. The predicted molar refractivity (Wildman–Crippen MR) is 94.6 cm³/mol. The SMILES string of the molecule is CN1CCNCC1c1noc(C2=Cc3cc(Cl)ccc3OC2)n1.Cl. The molecule has 128 valence electrons. The molecule has 1 atom stereocenters. The monoisotopic (exact) mass is 368 g/mol. The summed E-state index contributed by atoms with van der Waals surface area (Å²) in [6.45, 7) is 3.18. The fourth-order valence-corrected chi connectivity index (χ4v) is 3.05. The highest BCUT2D eigenvalue weighted by molar-refractivity contribution is 6.30. The van der Waals surface area contributed by atoms with Crippen molar-refractivity contribution in [1.29, 1.82) is 0 Å². The van der Waals surface area contributed by atoms with E-state index in [0.29, 0.717) is 23.3 Å². The molecule has 1 N–H and O–H groups in total. The van der Waals surface area contributed by atoms with Crippen molar-refractivity contribution in [2.45, 2.75) is 6.04 Å². The zero-order chi connectivity index (χ0) is 15.8. The van der Waals surface area contributed by atoms with Crippen LogP contribution in [0.4, 0.5) is 0 Å². The molecule has 1 aromatic carbocycles. The molecule has 1 saturated heterocycles. The zero-order valence-corrected chi connectivity index (χ0v) is 14.7. The van der Waals surface area contributed by atoms with Crippen LogP contribution < -0.4 is 10.1 Å². The molecule has 3 heterocycles. The van der Waals surface area contributed by atoms with Gasteiger partial charge in [0.2, 0.25) is 0 Å². The van der Waals surface area contributed by atoms with Crippen molar-refractivity contribution in [1.82, 2.24) is 20.4 Å². The molecule has 2 aliphatic heterocycles. The van der Waals surface area contributed by atoms with Crippen molar-refractivity contribution in [2.75, 3.05) is 33.3 Å². The van der Waals surface area contributed by atoms with Crippen LogP contribution in [0.1, 0.15) is 23.3 Å². The molecule has 2 aliphatic rings. The molecular weight excluding hydrogens is 351 g/mol. The second-order valence-corrected chi connectivity index (χ2v) is 6.24. The number of nitrogens with one attached hydrogen (secondary N) is 1. The molecular formula is C16H18Cl2N4O2. The second kappa shape index (κ2) is 7.11. The number of rotatable bonds is 2. The van der Waals surface area contributed by atoms with Gasteiger partial charge in [-0.25, -0.2) is 0 Å². The van der Waals surface area contributed by atoms with Crippen LogP contribution in [-0.4, -0.2) is 48.3 Å². The van der Waals surface area contributed by atoms with Gasteiger partial charge in [0.25, 0.3) is 5.89 Å². The Labute approximate surface area is 151 Å². The summed E-state index contributed by atoms with van der Waals surface area (Å²) in [5, 5.41) is 8.18. The van der Waals surface area contributed by atoms with Crippen LogP contribution in [0, 0.1) is 0 Å². The van der Waals surface area contributed by atoms with E-state index >= 15 is 0 Å². The summed E-state index contributed by atoms with van der Waals surface area (Å²) in [6, 6.07) is 5.68. The molecule has 1 fully saturated rings. The molecule has 0 bridgehead atoms. The van der Waals surface area contributed by atoms with Crippen molar-refractivity contribution >= 4 is 35.7 Å². The van der Waals surface area contributed by atoms with E-state index < -0.39 is 0 Å². The summed E-state index contributed by atoms with van der Waals surface area (Å²) < 4.78 is 11.2. The van der Waals surface area contributed by atoms with Gasteiger partial charge < -0.3 is 14.6 Å². The summed E-state index contributed by atoms with van der Waals surface area (Å²) in [4.78, 5) is 6.79. The lowest BCUT2D eigenvalue weighted by atomic mass is 10.1. The van der Waals surface area contributed by atoms with Crippen molar-refractivity contribution in [3.05, 3.63) is 40.5 Å². The summed E-state index contributed by atoms with van der Waals surface area (Å²) in [7, 11) is 2.07. The first-order chi connectivity index (χ1) is 11.2. The van der Waals surface area contributed by atoms with Gasteiger partial charge in [0.05, 0.1) is 11.6 Å². The minimum absolute atomic E-state index is 0. The molecule has 1 unspecified atom stereocenters. The molecule has 0 spiro atoms. The maximum Gasteiger partial charge on any atom is 0.257 e. The molecule has 6 nitrogen and oxygen atoms in total. The van der Waals surface area contributed by atoms with E-state index in [1.165, 1.54) is 0 Å². The third-order valence-electron chi connectivity index (χ3n) is 4.21. The van der Waals surface area contributed by atoms with Crippen LogP contribution in [0.5, 0.6) is 5.75 Å². The van der Waals surface area contributed by atoms with Gasteiger partial charge in [-0.15, -0.1) is 12.4 Å². The summed E-state index contributed by atoms with van der Waals surface area (Å²) >= 11 is 6.04. The molecule has 1 aromatic heterocycles. The summed E-state index contributed by atoms with van der Waals surface area (Å²) in [5.74, 6) is 2.02. The Morgan fingerprint density at radius 3 is 3.08 bits per heavy atom. The Morgan fingerprint density at radius 1 is 1.38 bits per heavy atom. The standard InChI is InChI=1S/C16H17ClN4O2.ClH/c1-21-5-4-18-8-13(21)15-19-16(23-20-15)11-6-10-7-12(17)2-3-14(10)22-9-11;/h2-3,6-7,13,18H,4-5,8-9H2,1H3;1H. The minimum Gasteiger partial charge on any atom is -0.488 e. The number of ether oxygens (including phenoxy) is 1. The molecule has 8 heteroatoms. The van der Waals surface area contributed by atoms with Gasteiger partial charge in [0.1, 0.15) is 12.4 Å². The van der Waals surface area contributed by atoms with E-state index in [9.17, 15) is 0 Å². The Balaban J connectivity index is 0.00000169. The number of hydrogen-bond donors (Lipinski definition) is 1. The molecule has 2 aromatic rings. The van der Waals surface area contributed by atoms with Crippen molar-refractivity contribution in [3.8, 4) is 5.75 Å². The molecule has 4 rings (SSSR count). The lowest BCUT2D eigenvalue weighted by Crippen LogP contribution is -2.44. The number of likely N-dealkylation sites (N-methyl/N-ethyl adjacent to an activating group) is 1. The fraction of sp³-hybridized carbons (Fsp3) is 0.375. The quantitative estimate of drug-likeness (QED) is 0.878. The number of benzene rings is 1. The highest BCUT2D eigenvalue weighted by Gasteiger charge is 2.26. The number of hydrogen-bond acceptors (Lipinski definition) is 6. The summed E-state index contributed by atoms with van der Waals surface area (Å²) in [5.41, 5.74) is 1.79. The van der Waals surface area contributed by atoms with E-state index in [4.69, 9.17) is 20.9 Å². The second-order valence-electron chi connectivity index (χ2n) is 5.80. The van der Waals surface area contributed by atoms with Crippen LogP contribution in [0.25, 0.3) is 11.6 Å². The van der Waals surface area contributed by atoms with E-state index in [1.54, 1.807) is 0 Å². The molecule has 0 saturated carbocycles. The lowest BCUT2D eigenvalue weighted by molar-refractivity contribution is 0.190. The van der Waals surface area contributed by atoms with Crippen molar-refractivity contribution < 1.29 is 9.26 Å². The first-order valence-corrected chi connectivity index (χ1v) is 7.96. The van der Waals surface area contributed by atoms with Gasteiger partial charge >= 0.3 is 0 Å². The summed E-state index contributed by atoms with van der Waals surface area (Å²) in [6.07, 6.45) is 1.99. The van der Waals surface area contributed by atoms with E-state index in [1.807, 2.05) is 24.3 Å². The van der Waals surface area contributed by atoms with Gasteiger partial charge in [-0.2, -0.15) is 4.98 Å². The zero-order valence-electron chi connectivity index (χ0n) is 13.2. The third kappa shape index (κ3) is 3.28. The van der Waals surface area contributed by atoms with Crippen LogP contribution >= 0.6 is 24.0 Å².